The van der Waals surface area contributed by atoms with Crippen molar-refractivity contribution in [3.63, 3.8) is 0 Å². The van der Waals surface area contributed by atoms with Crippen molar-refractivity contribution in [3.8, 4) is 11.5 Å². The van der Waals surface area contributed by atoms with Crippen LogP contribution in [0.25, 0.3) is 0 Å². The highest BCUT2D eigenvalue weighted by Gasteiger charge is 2.26. The lowest BCUT2D eigenvalue weighted by Crippen LogP contribution is -2.28. The molecule has 9 heteroatoms. The van der Waals surface area contributed by atoms with Gasteiger partial charge in [-0.25, -0.2) is 8.42 Å². The quantitative estimate of drug-likeness (QED) is 0.754. The first-order chi connectivity index (χ1) is 12.7. The van der Waals surface area contributed by atoms with Gasteiger partial charge in [-0.2, -0.15) is 0 Å². The van der Waals surface area contributed by atoms with Crippen LogP contribution in [0.4, 0.5) is 0 Å². The number of halogens is 2. The van der Waals surface area contributed by atoms with Gasteiger partial charge in [0.1, 0.15) is 4.49 Å². The minimum Gasteiger partial charge on any atom is -0.493 e. The molecule has 1 N–H and O–H groups in total. The van der Waals surface area contributed by atoms with Crippen LogP contribution in [0, 0.1) is 6.92 Å². The molecule has 0 radical (unpaired) electrons. The number of ether oxygens (including phenoxy) is 2. The molecule has 2 rings (SSSR count). The highest BCUT2D eigenvalue weighted by Crippen LogP contribution is 2.29. The van der Waals surface area contributed by atoms with Gasteiger partial charge < -0.3 is 14.8 Å². The van der Waals surface area contributed by atoms with E-state index < -0.39 is 25.3 Å². The molecule has 0 atom stereocenters. The van der Waals surface area contributed by atoms with Crippen LogP contribution in [-0.2, 0) is 9.84 Å². The molecule has 27 heavy (non-hydrogen) atoms. The summed E-state index contributed by atoms with van der Waals surface area (Å²) in [6, 6.07) is 10.5. The number of sulfone groups is 1. The van der Waals surface area contributed by atoms with Crippen LogP contribution in [0.15, 0.2) is 56.9 Å². The number of methoxy groups -OCH3 is 2. The number of rotatable bonds is 6. The van der Waals surface area contributed by atoms with Crippen LogP contribution in [0.3, 0.4) is 0 Å². The van der Waals surface area contributed by atoms with Crippen molar-refractivity contribution in [1.29, 1.82) is 0 Å². The van der Waals surface area contributed by atoms with E-state index in [0.29, 0.717) is 11.5 Å². The third-order valence-electron chi connectivity index (χ3n) is 3.64. The number of aryl methyl sites for hydroxylation is 1. The molecule has 0 aliphatic rings. The maximum absolute atomic E-state index is 12.8. The molecule has 144 valence electrons. The SMILES string of the molecule is COc1ccc(C(=O)NC(=C(Cl)Cl)S(=O)(=O)c2ccc(C)cc2)cc1OC. The summed E-state index contributed by atoms with van der Waals surface area (Å²) in [7, 11) is -1.24. The maximum atomic E-state index is 12.8. The predicted octanol–water partition coefficient (Wildman–Crippen LogP) is 3.82. The van der Waals surface area contributed by atoms with E-state index in [1.54, 1.807) is 12.1 Å². The van der Waals surface area contributed by atoms with Gasteiger partial charge in [0, 0.05) is 5.56 Å². The summed E-state index contributed by atoms with van der Waals surface area (Å²) in [5.41, 5.74) is 1.02. The van der Waals surface area contributed by atoms with E-state index in [-0.39, 0.29) is 10.5 Å². The minimum absolute atomic E-state index is 0.0467. The van der Waals surface area contributed by atoms with Crippen LogP contribution < -0.4 is 14.8 Å². The number of hydrogen-bond donors (Lipinski definition) is 1. The first-order valence-corrected chi connectivity index (χ1v) is 9.85. The van der Waals surface area contributed by atoms with Crippen molar-refractivity contribution >= 4 is 38.9 Å². The Kier molecular flexibility index (Phi) is 6.75. The zero-order chi connectivity index (χ0) is 20.2. The summed E-state index contributed by atoms with van der Waals surface area (Å²) in [5, 5.41) is 1.67. The highest BCUT2D eigenvalue weighted by molar-refractivity contribution is 7.95. The van der Waals surface area contributed by atoms with E-state index >= 15 is 0 Å². The lowest BCUT2D eigenvalue weighted by molar-refractivity contribution is 0.0967. The monoisotopic (exact) mass is 429 g/mol. The van der Waals surface area contributed by atoms with Gasteiger partial charge in [0.25, 0.3) is 5.91 Å². The lowest BCUT2D eigenvalue weighted by atomic mass is 10.2. The fourth-order valence-corrected chi connectivity index (χ4v) is 4.07. The molecule has 1 amide bonds. The molecule has 2 aromatic rings. The van der Waals surface area contributed by atoms with Crippen LogP contribution >= 0.6 is 23.2 Å². The van der Waals surface area contributed by atoms with Gasteiger partial charge in [-0.3, -0.25) is 4.79 Å². The molecular formula is C18H17Cl2NO5S. The fraction of sp³-hybridized carbons (Fsp3) is 0.167. The molecule has 0 spiro atoms. The Balaban J connectivity index is 2.38. The third kappa shape index (κ3) is 4.74. The van der Waals surface area contributed by atoms with E-state index in [9.17, 15) is 13.2 Å². The maximum Gasteiger partial charge on any atom is 0.256 e. The summed E-state index contributed by atoms with van der Waals surface area (Å²) in [4.78, 5) is 12.5. The van der Waals surface area contributed by atoms with Gasteiger partial charge in [-0.15, -0.1) is 0 Å². The molecule has 0 unspecified atom stereocenters. The summed E-state index contributed by atoms with van der Waals surface area (Å²) < 4.78 is 35.2. The van der Waals surface area contributed by atoms with Crippen molar-refractivity contribution in [2.24, 2.45) is 0 Å². The molecule has 0 saturated carbocycles. The summed E-state index contributed by atoms with van der Waals surface area (Å²) >= 11 is 11.5. The van der Waals surface area contributed by atoms with Gasteiger partial charge in [-0.1, -0.05) is 40.9 Å². The second-order valence-electron chi connectivity index (χ2n) is 5.43. The van der Waals surface area contributed by atoms with Crippen molar-refractivity contribution < 1.29 is 22.7 Å². The van der Waals surface area contributed by atoms with Crippen molar-refractivity contribution in [1.82, 2.24) is 5.32 Å². The smallest absolute Gasteiger partial charge is 0.256 e. The molecule has 2 aromatic carbocycles. The molecule has 0 heterocycles. The third-order valence-corrected chi connectivity index (χ3v) is 5.98. The van der Waals surface area contributed by atoms with Crippen LogP contribution in [-0.4, -0.2) is 28.5 Å². The number of carbonyl (C=O) groups excluding carboxylic acids is 1. The number of amides is 1. The molecule has 0 aliphatic carbocycles. The molecule has 0 aliphatic heterocycles. The highest BCUT2D eigenvalue weighted by atomic mass is 35.5. The average Bonchev–Trinajstić information content (AvgIpc) is 2.65. The zero-order valence-electron chi connectivity index (χ0n) is 14.7. The lowest BCUT2D eigenvalue weighted by Gasteiger charge is -2.13. The molecular weight excluding hydrogens is 413 g/mol. The average molecular weight is 430 g/mol. The molecule has 0 saturated heterocycles. The van der Waals surface area contributed by atoms with E-state index in [0.717, 1.165) is 5.56 Å². The van der Waals surface area contributed by atoms with Crippen molar-refractivity contribution in [2.45, 2.75) is 11.8 Å². The number of benzene rings is 2. The molecule has 6 nitrogen and oxygen atoms in total. The van der Waals surface area contributed by atoms with E-state index in [2.05, 4.69) is 5.32 Å². The Morgan fingerprint density at radius 3 is 2.07 bits per heavy atom. The van der Waals surface area contributed by atoms with Crippen LogP contribution in [0.2, 0.25) is 0 Å². The fourth-order valence-electron chi connectivity index (χ4n) is 2.20. The Morgan fingerprint density at radius 1 is 0.963 bits per heavy atom. The van der Waals surface area contributed by atoms with Gasteiger partial charge in [0.2, 0.25) is 9.84 Å². The van der Waals surface area contributed by atoms with Gasteiger partial charge in [0.15, 0.2) is 16.5 Å². The predicted molar refractivity (Wildman–Crippen MR) is 104 cm³/mol. The Labute approximate surface area is 167 Å². The Hall–Kier alpha value is -2.22. The van der Waals surface area contributed by atoms with Crippen LogP contribution in [0.1, 0.15) is 15.9 Å². The normalized spacial score (nSPS) is 10.9. The van der Waals surface area contributed by atoms with Crippen LogP contribution in [0.5, 0.6) is 11.5 Å². The topological polar surface area (TPSA) is 81.7 Å². The molecule has 0 fully saturated rings. The van der Waals surface area contributed by atoms with Crippen molar-refractivity contribution in [3.05, 3.63) is 63.1 Å². The van der Waals surface area contributed by atoms with Crippen molar-refractivity contribution in [2.75, 3.05) is 14.2 Å². The zero-order valence-corrected chi connectivity index (χ0v) is 17.1. The number of nitrogens with one attached hydrogen (secondary N) is 1. The minimum atomic E-state index is -4.12. The van der Waals surface area contributed by atoms with E-state index in [4.69, 9.17) is 32.7 Å². The van der Waals surface area contributed by atoms with E-state index in [1.807, 2.05) is 6.92 Å². The number of carbonyl (C=O) groups is 1. The summed E-state index contributed by atoms with van der Waals surface area (Å²) in [6.07, 6.45) is 0. The standard InChI is InChI=1S/C18H17Cl2NO5S/c1-11-4-7-13(8-5-11)27(23,24)18(16(19)20)21-17(22)12-6-9-14(25-2)15(10-12)26-3/h4-10H,1-3H3,(H,21,22). The molecule has 0 bridgehead atoms. The van der Waals surface area contributed by atoms with Gasteiger partial charge in [0.05, 0.1) is 19.1 Å². The largest absolute Gasteiger partial charge is 0.493 e. The van der Waals surface area contributed by atoms with Gasteiger partial charge >= 0.3 is 0 Å². The van der Waals surface area contributed by atoms with E-state index in [1.165, 1.54) is 44.6 Å². The number of hydrogen-bond acceptors (Lipinski definition) is 5. The molecule has 0 aromatic heterocycles. The Bertz CT molecular complexity index is 981. The second kappa shape index (κ2) is 8.65. The van der Waals surface area contributed by atoms with Gasteiger partial charge in [-0.05, 0) is 37.3 Å². The summed E-state index contributed by atoms with van der Waals surface area (Å²) in [6.45, 7) is 1.82. The Morgan fingerprint density at radius 2 is 1.56 bits per heavy atom. The first kappa shape index (κ1) is 21.1. The second-order valence-corrected chi connectivity index (χ2v) is 8.27. The first-order valence-electron chi connectivity index (χ1n) is 7.61. The summed E-state index contributed by atoms with van der Waals surface area (Å²) in [5.74, 6) is 0.0157.